The van der Waals surface area contributed by atoms with Gasteiger partial charge in [-0.05, 0) is 19.3 Å². The van der Waals surface area contributed by atoms with Gasteiger partial charge in [-0.3, -0.25) is 29.0 Å². The van der Waals surface area contributed by atoms with Crippen molar-refractivity contribution in [1.29, 1.82) is 0 Å². The summed E-state index contributed by atoms with van der Waals surface area (Å²) in [5.41, 5.74) is 21.9. The van der Waals surface area contributed by atoms with E-state index in [1.54, 1.807) is 0 Å². The quantitative estimate of drug-likeness (QED) is 0.0467. The molecule has 0 saturated carbocycles. The van der Waals surface area contributed by atoms with Crippen LogP contribution in [0.1, 0.15) is 37.8 Å². The van der Waals surface area contributed by atoms with E-state index < -0.39 is 66.2 Å². The predicted molar refractivity (Wildman–Crippen MR) is 134 cm³/mol. The van der Waals surface area contributed by atoms with Crippen LogP contribution in [-0.2, 0) is 35.2 Å². The minimum absolute atomic E-state index is 0.123. The number of carbonyl (C=O) groups excluding carboxylic acids is 4. The van der Waals surface area contributed by atoms with Crippen LogP contribution in [0.15, 0.2) is 17.5 Å². The number of guanidine groups is 1. The van der Waals surface area contributed by atoms with E-state index in [1.165, 1.54) is 12.5 Å². The maximum absolute atomic E-state index is 13.1. The Morgan fingerprint density at radius 3 is 2.08 bits per heavy atom. The van der Waals surface area contributed by atoms with E-state index in [9.17, 15) is 33.9 Å². The highest BCUT2D eigenvalue weighted by atomic mass is 16.4. The molecular formula is C21H34N10O8. The fourth-order valence-corrected chi connectivity index (χ4v) is 3.23. The molecule has 39 heavy (non-hydrogen) atoms. The lowest BCUT2D eigenvalue weighted by Gasteiger charge is -2.24. The number of nitrogens with two attached hydrogens (primary N) is 4. The summed E-state index contributed by atoms with van der Waals surface area (Å²) < 4.78 is 0. The Hall–Kier alpha value is -4.74. The lowest BCUT2D eigenvalue weighted by Crippen LogP contribution is -2.58. The van der Waals surface area contributed by atoms with Gasteiger partial charge < -0.3 is 54.1 Å². The van der Waals surface area contributed by atoms with Gasteiger partial charge in [0, 0.05) is 31.3 Å². The van der Waals surface area contributed by atoms with Gasteiger partial charge in [0.05, 0.1) is 18.8 Å². The van der Waals surface area contributed by atoms with Crippen LogP contribution in [0.5, 0.6) is 0 Å². The van der Waals surface area contributed by atoms with E-state index in [0.29, 0.717) is 12.1 Å². The smallest absolute Gasteiger partial charge is 0.326 e. The number of carboxylic acids is 2. The number of rotatable bonds is 18. The van der Waals surface area contributed by atoms with Crippen molar-refractivity contribution in [2.24, 2.45) is 27.9 Å². The molecule has 0 radical (unpaired) electrons. The standard InChI is InChI=1S/C21H34N10O8/c22-11(2-1-5-27-21(24)25)17(35)29-12(3-4-15(23)32)18(36)30-13(6-10-8-26-9-28-10)19(37)31-14(20(38)39)7-16(33)34/h8-9,11-14H,1-7,22H2,(H2,23,32)(H,26,28)(H,29,35)(H,30,36)(H,31,37)(H,33,34)(H,38,39)(H4,24,25,27). The van der Waals surface area contributed by atoms with Crippen LogP contribution in [0.25, 0.3) is 0 Å². The van der Waals surface area contributed by atoms with Gasteiger partial charge in [0.15, 0.2) is 5.96 Å². The molecular weight excluding hydrogens is 520 g/mol. The molecule has 0 spiro atoms. The second-order valence-electron chi connectivity index (χ2n) is 8.46. The molecule has 14 N–H and O–H groups in total. The average molecular weight is 555 g/mol. The van der Waals surface area contributed by atoms with E-state index in [2.05, 4.69) is 30.9 Å². The molecule has 1 aromatic heterocycles. The molecule has 18 heteroatoms. The molecule has 4 unspecified atom stereocenters. The third-order valence-electron chi connectivity index (χ3n) is 5.22. The van der Waals surface area contributed by atoms with Crippen molar-refractivity contribution in [2.75, 3.05) is 6.54 Å². The molecule has 1 rings (SSSR count). The van der Waals surface area contributed by atoms with Gasteiger partial charge in [-0.1, -0.05) is 0 Å². The van der Waals surface area contributed by atoms with Crippen molar-refractivity contribution in [3.05, 3.63) is 18.2 Å². The van der Waals surface area contributed by atoms with Crippen LogP contribution in [-0.4, -0.2) is 92.4 Å². The summed E-state index contributed by atoms with van der Waals surface area (Å²) in [6, 6.07) is -5.60. The first kappa shape index (κ1) is 32.3. The van der Waals surface area contributed by atoms with Gasteiger partial charge in [-0.25, -0.2) is 9.78 Å². The summed E-state index contributed by atoms with van der Waals surface area (Å²) in [5, 5.41) is 25.1. The zero-order chi connectivity index (χ0) is 29.5. The summed E-state index contributed by atoms with van der Waals surface area (Å²) in [5.74, 6) is -6.59. The maximum atomic E-state index is 13.1. The minimum Gasteiger partial charge on any atom is -0.481 e. The molecule has 1 aromatic rings. The minimum atomic E-state index is -1.78. The number of H-pyrrole nitrogens is 1. The number of aliphatic imine (C=N–C) groups is 1. The van der Waals surface area contributed by atoms with Crippen molar-refractivity contribution >= 4 is 41.5 Å². The topological polar surface area (TPSA) is 324 Å². The largest absolute Gasteiger partial charge is 0.481 e. The van der Waals surface area contributed by atoms with Crippen LogP contribution in [0.4, 0.5) is 0 Å². The van der Waals surface area contributed by atoms with E-state index in [4.69, 9.17) is 28.0 Å². The van der Waals surface area contributed by atoms with Crippen LogP contribution in [0.3, 0.4) is 0 Å². The molecule has 1 heterocycles. The van der Waals surface area contributed by atoms with E-state index in [0.717, 1.165) is 0 Å². The van der Waals surface area contributed by atoms with Gasteiger partial charge in [0.2, 0.25) is 23.6 Å². The third-order valence-corrected chi connectivity index (χ3v) is 5.22. The normalized spacial score (nSPS) is 13.7. The van der Waals surface area contributed by atoms with Gasteiger partial charge in [-0.2, -0.15) is 0 Å². The first-order valence-corrected chi connectivity index (χ1v) is 11.7. The third kappa shape index (κ3) is 12.9. The number of imidazole rings is 1. The molecule has 0 aromatic carbocycles. The first-order chi connectivity index (χ1) is 18.3. The Morgan fingerprint density at radius 2 is 1.54 bits per heavy atom. The molecule has 4 amide bonds. The fraction of sp³-hybridized carbons (Fsp3) is 0.524. The van der Waals surface area contributed by atoms with Gasteiger partial charge in [0.25, 0.3) is 0 Å². The number of aromatic amines is 1. The SMILES string of the molecule is NC(=O)CCC(NC(=O)C(N)CCCN=C(N)N)C(=O)NC(Cc1cnc[nH]1)C(=O)NC(CC(=O)O)C(=O)O. The van der Waals surface area contributed by atoms with Crippen molar-refractivity contribution in [3.63, 3.8) is 0 Å². The van der Waals surface area contributed by atoms with E-state index in [1.807, 2.05) is 0 Å². The highest BCUT2D eigenvalue weighted by molar-refractivity contribution is 5.95. The van der Waals surface area contributed by atoms with Crippen molar-refractivity contribution in [1.82, 2.24) is 25.9 Å². The zero-order valence-electron chi connectivity index (χ0n) is 21.0. The van der Waals surface area contributed by atoms with Crippen molar-refractivity contribution < 1.29 is 39.0 Å². The number of nitrogens with one attached hydrogen (secondary N) is 4. The van der Waals surface area contributed by atoms with Crippen molar-refractivity contribution in [2.45, 2.75) is 62.7 Å². The van der Waals surface area contributed by atoms with Crippen LogP contribution >= 0.6 is 0 Å². The number of hydrogen-bond acceptors (Lipinski definition) is 9. The van der Waals surface area contributed by atoms with Crippen LogP contribution < -0.4 is 38.9 Å². The lowest BCUT2D eigenvalue weighted by molar-refractivity contribution is -0.147. The number of amides is 4. The van der Waals surface area contributed by atoms with Crippen LogP contribution in [0, 0.1) is 0 Å². The first-order valence-electron chi connectivity index (χ1n) is 11.7. The molecule has 0 aliphatic rings. The fourth-order valence-electron chi connectivity index (χ4n) is 3.23. The van der Waals surface area contributed by atoms with Gasteiger partial charge >= 0.3 is 11.9 Å². The number of aromatic nitrogens is 2. The van der Waals surface area contributed by atoms with Gasteiger partial charge in [-0.15, -0.1) is 0 Å². The predicted octanol–water partition coefficient (Wildman–Crippen LogP) is -4.39. The summed E-state index contributed by atoms with van der Waals surface area (Å²) in [4.78, 5) is 82.6. The Morgan fingerprint density at radius 1 is 0.923 bits per heavy atom. The average Bonchev–Trinajstić information content (AvgIpc) is 3.35. The second kappa shape index (κ2) is 16.2. The number of hydrogen-bond donors (Lipinski definition) is 10. The molecule has 0 fully saturated rings. The zero-order valence-corrected chi connectivity index (χ0v) is 21.0. The Balaban J connectivity index is 3.03. The number of carbonyl (C=O) groups is 6. The molecule has 0 bridgehead atoms. The summed E-state index contributed by atoms with van der Waals surface area (Å²) >= 11 is 0. The Labute approximate surface area is 222 Å². The van der Waals surface area contributed by atoms with Crippen molar-refractivity contribution in [3.8, 4) is 0 Å². The number of aliphatic carboxylic acids is 2. The maximum Gasteiger partial charge on any atom is 0.326 e. The summed E-state index contributed by atoms with van der Waals surface area (Å²) in [7, 11) is 0. The number of carboxylic acid groups (broad SMARTS) is 2. The van der Waals surface area contributed by atoms with E-state index in [-0.39, 0.29) is 38.2 Å². The molecule has 4 atom stereocenters. The summed E-state index contributed by atoms with van der Waals surface area (Å²) in [6.45, 7) is 0.221. The molecule has 216 valence electrons. The van der Waals surface area contributed by atoms with Crippen LogP contribution in [0.2, 0.25) is 0 Å². The Kier molecular flexibility index (Phi) is 13.4. The molecule has 18 nitrogen and oxygen atoms in total. The number of nitrogens with zero attached hydrogens (tertiary/aromatic N) is 2. The monoisotopic (exact) mass is 554 g/mol. The highest BCUT2D eigenvalue weighted by Gasteiger charge is 2.31. The molecule has 0 saturated heterocycles. The molecule has 0 aliphatic carbocycles. The lowest BCUT2D eigenvalue weighted by atomic mass is 10.1. The highest BCUT2D eigenvalue weighted by Crippen LogP contribution is 2.05. The second-order valence-corrected chi connectivity index (χ2v) is 8.46. The van der Waals surface area contributed by atoms with E-state index >= 15 is 0 Å². The number of primary amides is 1. The van der Waals surface area contributed by atoms with Gasteiger partial charge in [0.1, 0.15) is 18.1 Å². The summed E-state index contributed by atoms with van der Waals surface area (Å²) in [6.07, 6.45) is 1.54. The molecule has 0 aliphatic heterocycles. The Bertz CT molecular complexity index is 1040.